The molecule has 4 nitrogen and oxygen atoms in total. The lowest BCUT2D eigenvalue weighted by Gasteiger charge is -2.16. The van der Waals surface area contributed by atoms with E-state index in [1.54, 1.807) is 12.2 Å². The normalized spacial score (nSPS) is 14.9. The van der Waals surface area contributed by atoms with Crippen LogP contribution in [0.15, 0.2) is 0 Å². The molecular formula is C10H16F3NO3. The van der Waals surface area contributed by atoms with Gasteiger partial charge in [0.05, 0.1) is 12.5 Å². The first kappa shape index (κ1) is 15.7. The zero-order chi connectivity index (χ0) is 13.6. The second-order valence-corrected chi connectivity index (χ2v) is 3.79. The lowest BCUT2D eigenvalue weighted by molar-refractivity contribution is -0.174. The molecule has 100 valence electrons. The van der Waals surface area contributed by atoms with Gasteiger partial charge in [-0.05, 0) is 20.3 Å². The molecule has 0 aliphatic rings. The van der Waals surface area contributed by atoms with Gasteiger partial charge in [-0.1, -0.05) is 6.92 Å². The van der Waals surface area contributed by atoms with Crippen LogP contribution in [-0.4, -0.2) is 30.2 Å². The summed E-state index contributed by atoms with van der Waals surface area (Å²) >= 11 is 0. The number of nitrogens with one attached hydrogen (secondary N) is 1. The molecule has 0 aromatic heterocycles. The summed E-state index contributed by atoms with van der Waals surface area (Å²) in [5, 5.41) is 1.68. The molecule has 0 aliphatic carbocycles. The number of halogens is 3. The zero-order valence-corrected chi connectivity index (χ0v) is 9.93. The third-order valence-corrected chi connectivity index (χ3v) is 2.02. The molecule has 0 heterocycles. The summed E-state index contributed by atoms with van der Waals surface area (Å²) in [7, 11) is 0. The predicted octanol–water partition coefficient (Wildman–Crippen LogP) is 1.79. The smallest absolute Gasteiger partial charge is 0.463 e. The Kier molecular flexibility index (Phi) is 5.98. The maximum Gasteiger partial charge on any atom is 0.471 e. The molecule has 0 aromatic carbocycles. The molecule has 0 saturated carbocycles. The molecule has 0 aliphatic heterocycles. The van der Waals surface area contributed by atoms with Gasteiger partial charge in [0, 0.05) is 6.04 Å². The van der Waals surface area contributed by atoms with E-state index in [0.717, 1.165) is 0 Å². The number of hydrogen-bond acceptors (Lipinski definition) is 3. The Morgan fingerprint density at radius 1 is 1.29 bits per heavy atom. The Labute approximate surface area is 97.5 Å². The van der Waals surface area contributed by atoms with E-state index >= 15 is 0 Å². The van der Waals surface area contributed by atoms with E-state index in [1.165, 1.54) is 6.92 Å². The van der Waals surface area contributed by atoms with Crippen molar-refractivity contribution < 1.29 is 27.5 Å². The number of carbonyl (C=O) groups is 2. The van der Waals surface area contributed by atoms with Crippen LogP contribution < -0.4 is 5.32 Å². The standard InChI is InChI=1S/C10H16F3NO3/c1-4-7(3)17-8(15)5-6(2)14-9(16)10(11,12)13/h6-7H,4-5H2,1-3H3,(H,14,16). The van der Waals surface area contributed by atoms with Crippen molar-refractivity contribution in [2.45, 2.75) is 51.9 Å². The fourth-order valence-corrected chi connectivity index (χ4v) is 0.962. The molecule has 0 saturated heterocycles. The second kappa shape index (κ2) is 6.46. The van der Waals surface area contributed by atoms with E-state index in [0.29, 0.717) is 6.42 Å². The number of alkyl halides is 3. The minimum absolute atomic E-state index is 0.284. The topological polar surface area (TPSA) is 55.4 Å². The van der Waals surface area contributed by atoms with E-state index in [4.69, 9.17) is 4.74 Å². The van der Waals surface area contributed by atoms with Crippen LogP contribution in [0.25, 0.3) is 0 Å². The first-order chi connectivity index (χ1) is 7.66. The largest absolute Gasteiger partial charge is 0.471 e. The van der Waals surface area contributed by atoms with Crippen LogP contribution in [0.5, 0.6) is 0 Å². The van der Waals surface area contributed by atoms with Gasteiger partial charge in [-0.3, -0.25) is 9.59 Å². The van der Waals surface area contributed by atoms with Gasteiger partial charge in [0.1, 0.15) is 0 Å². The number of carbonyl (C=O) groups excluding carboxylic acids is 2. The summed E-state index contributed by atoms with van der Waals surface area (Å²) in [4.78, 5) is 21.7. The van der Waals surface area contributed by atoms with Crippen LogP contribution in [-0.2, 0) is 14.3 Å². The van der Waals surface area contributed by atoms with Crippen molar-refractivity contribution in [2.24, 2.45) is 0 Å². The van der Waals surface area contributed by atoms with Gasteiger partial charge in [0.25, 0.3) is 0 Å². The van der Waals surface area contributed by atoms with Crippen molar-refractivity contribution in [3.63, 3.8) is 0 Å². The summed E-state index contributed by atoms with van der Waals surface area (Å²) in [6.07, 6.45) is -4.89. The van der Waals surface area contributed by atoms with E-state index in [1.807, 2.05) is 6.92 Å². The molecule has 1 amide bonds. The van der Waals surface area contributed by atoms with Crippen molar-refractivity contribution in [2.75, 3.05) is 0 Å². The van der Waals surface area contributed by atoms with Crippen LogP contribution in [0, 0.1) is 0 Å². The van der Waals surface area contributed by atoms with Crippen molar-refractivity contribution in [1.29, 1.82) is 0 Å². The van der Waals surface area contributed by atoms with Crippen LogP contribution in [0.2, 0.25) is 0 Å². The Balaban J connectivity index is 4.06. The minimum Gasteiger partial charge on any atom is -0.463 e. The third kappa shape index (κ3) is 6.80. The maximum absolute atomic E-state index is 11.9. The number of hydrogen-bond donors (Lipinski definition) is 1. The first-order valence-electron chi connectivity index (χ1n) is 5.24. The van der Waals surface area contributed by atoms with E-state index in [-0.39, 0.29) is 12.5 Å². The van der Waals surface area contributed by atoms with E-state index < -0.39 is 24.1 Å². The van der Waals surface area contributed by atoms with E-state index in [9.17, 15) is 22.8 Å². The Bertz CT molecular complexity index is 278. The highest BCUT2D eigenvalue weighted by Crippen LogP contribution is 2.14. The second-order valence-electron chi connectivity index (χ2n) is 3.79. The molecule has 1 N–H and O–H groups in total. The van der Waals surface area contributed by atoms with Crippen LogP contribution >= 0.6 is 0 Å². The number of esters is 1. The quantitative estimate of drug-likeness (QED) is 0.762. The van der Waals surface area contributed by atoms with Gasteiger partial charge in [0.2, 0.25) is 0 Å². The van der Waals surface area contributed by atoms with Crippen molar-refractivity contribution in [3.8, 4) is 0 Å². The molecule has 0 radical (unpaired) electrons. The summed E-state index contributed by atoms with van der Waals surface area (Å²) in [6, 6.07) is -0.916. The summed E-state index contributed by atoms with van der Waals surface area (Å²) < 4.78 is 40.5. The maximum atomic E-state index is 11.9. The molecule has 17 heavy (non-hydrogen) atoms. The molecule has 2 unspecified atom stereocenters. The highest BCUT2D eigenvalue weighted by molar-refractivity contribution is 5.82. The zero-order valence-electron chi connectivity index (χ0n) is 9.93. The Morgan fingerprint density at radius 3 is 2.24 bits per heavy atom. The molecule has 0 fully saturated rings. The predicted molar refractivity (Wildman–Crippen MR) is 54.1 cm³/mol. The van der Waals surface area contributed by atoms with Crippen molar-refractivity contribution >= 4 is 11.9 Å². The lowest BCUT2D eigenvalue weighted by Crippen LogP contribution is -2.42. The summed E-state index contributed by atoms with van der Waals surface area (Å²) in [5.74, 6) is -2.68. The third-order valence-electron chi connectivity index (χ3n) is 2.02. The fourth-order valence-electron chi connectivity index (χ4n) is 0.962. The van der Waals surface area contributed by atoms with Gasteiger partial charge in [0.15, 0.2) is 0 Å². The molecule has 7 heteroatoms. The SMILES string of the molecule is CCC(C)OC(=O)CC(C)NC(=O)C(F)(F)F. The van der Waals surface area contributed by atoms with Gasteiger partial charge >= 0.3 is 18.1 Å². The van der Waals surface area contributed by atoms with Crippen LogP contribution in [0.4, 0.5) is 13.2 Å². The highest BCUT2D eigenvalue weighted by atomic mass is 19.4. The Hall–Kier alpha value is -1.27. The Morgan fingerprint density at radius 2 is 1.82 bits per heavy atom. The molecule has 0 bridgehead atoms. The van der Waals surface area contributed by atoms with E-state index in [2.05, 4.69) is 0 Å². The fraction of sp³-hybridized carbons (Fsp3) is 0.800. The van der Waals surface area contributed by atoms with Gasteiger partial charge in [-0.25, -0.2) is 0 Å². The molecular weight excluding hydrogens is 239 g/mol. The van der Waals surface area contributed by atoms with Crippen molar-refractivity contribution in [1.82, 2.24) is 5.32 Å². The number of rotatable bonds is 5. The number of amides is 1. The minimum atomic E-state index is -4.94. The van der Waals surface area contributed by atoms with Crippen molar-refractivity contribution in [3.05, 3.63) is 0 Å². The average Bonchev–Trinajstić information content (AvgIpc) is 2.15. The molecule has 0 rings (SSSR count). The van der Waals surface area contributed by atoms with Gasteiger partial charge < -0.3 is 10.1 Å². The first-order valence-corrected chi connectivity index (χ1v) is 5.24. The monoisotopic (exact) mass is 255 g/mol. The van der Waals surface area contributed by atoms with Crippen LogP contribution in [0.1, 0.15) is 33.6 Å². The van der Waals surface area contributed by atoms with Gasteiger partial charge in [-0.2, -0.15) is 13.2 Å². The average molecular weight is 255 g/mol. The molecule has 0 aromatic rings. The highest BCUT2D eigenvalue weighted by Gasteiger charge is 2.39. The summed E-state index contributed by atoms with van der Waals surface area (Å²) in [6.45, 7) is 4.80. The molecule has 2 atom stereocenters. The number of ether oxygens (including phenoxy) is 1. The molecule has 0 spiro atoms. The summed E-state index contributed by atoms with van der Waals surface area (Å²) in [5.41, 5.74) is 0. The lowest BCUT2D eigenvalue weighted by atomic mass is 10.2. The van der Waals surface area contributed by atoms with Crippen LogP contribution in [0.3, 0.4) is 0 Å². The van der Waals surface area contributed by atoms with Gasteiger partial charge in [-0.15, -0.1) is 0 Å².